The van der Waals surface area contributed by atoms with Gasteiger partial charge in [0.05, 0.1) is 10.4 Å². The van der Waals surface area contributed by atoms with Crippen molar-refractivity contribution in [1.82, 2.24) is 5.32 Å². The summed E-state index contributed by atoms with van der Waals surface area (Å²) in [6.07, 6.45) is 6.63. The van der Waals surface area contributed by atoms with Crippen molar-refractivity contribution in [2.75, 3.05) is 5.32 Å². The van der Waals surface area contributed by atoms with E-state index in [-0.39, 0.29) is 29.3 Å². The first-order valence-electron chi connectivity index (χ1n) is 8.54. The molecule has 2 saturated carbocycles. The lowest BCUT2D eigenvalue weighted by Crippen LogP contribution is -2.42. The van der Waals surface area contributed by atoms with E-state index in [9.17, 15) is 14.0 Å². The number of rotatable bonds is 5. The topological polar surface area (TPSA) is 58.2 Å². The van der Waals surface area contributed by atoms with Crippen molar-refractivity contribution >= 4 is 29.1 Å². The highest BCUT2D eigenvalue weighted by Crippen LogP contribution is 2.41. The Bertz CT molecular complexity index is 640. The van der Waals surface area contributed by atoms with Crippen molar-refractivity contribution in [1.29, 1.82) is 0 Å². The molecule has 2 aliphatic rings. The fourth-order valence-corrected chi connectivity index (χ4v) is 3.54. The van der Waals surface area contributed by atoms with E-state index in [1.54, 1.807) is 0 Å². The quantitative estimate of drug-likeness (QED) is 0.840. The summed E-state index contributed by atoms with van der Waals surface area (Å²) in [4.78, 5) is 25.2. The summed E-state index contributed by atoms with van der Waals surface area (Å²) in [6.45, 7) is 0. The molecule has 0 unspecified atom stereocenters. The molecule has 2 aliphatic carbocycles. The van der Waals surface area contributed by atoms with E-state index in [0.717, 1.165) is 32.1 Å². The number of amides is 2. The Kier molecular flexibility index (Phi) is 5.09. The number of benzene rings is 1. The van der Waals surface area contributed by atoms with E-state index in [1.165, 1.54) is 18.2 Å². The van der Waals surface area contributed by atoms with Crippen LogP contribution >= 0.6 is 11.6 Å². The van der Waals surface area contributed by atoms with Crippen LogP contribution in [0.4, 0.5) is 10.1 Å². The third-order valence-electron chi connectivity index (χ3n) is 4.91. The van der Waals surface area contributed by atoms with Gasteiger partial charge < -0.3 is 10.6 Å². The molecular weight excluding hydrogens is 331 g/mol. The SMILES string of the molecule is O=C(CC1(C(=O)Nc2ccc(F)c(Cl)c2)CCCCC1)NC1CC1. The van der Waals surface area contributed by atoms with Crippen molar-refractivity contribution in [3.63, 3.8) is 0 Å². The summed E-state index contributed by atoms with van der Waals surface area (Å²) in [5.41, 5.74) is -0.225. The Labute approximate surface area is 146 Å². The zero-order valence-corrected chi connectivity index (χ0v) is 14.3. The van der Waals surface area contributed by atoms with Gasteiger partial charge in [0.2, 0.25) is 11.8 Å². The Morgan fingerprint density at radius 1 is 1.21 bits per heavy atom. The second-order valence-corrected chi connectivity index (χ2v) is 7.35. The molecule has 6 heteroatoms. The molecule has 1 aromatic carbocycles. The smallest absolute Gasteiger partial charge is 0.231 e. The minimum Gasteiger partial charge on any atom is -0.353 e. The van der Waals surface area contributed by atoms with Gasteiger partial charge in [-0.3, -0.25) is 9.59 Å². The molecule has 130 valence electrons. The van der Waals surface area contributed by atoms with Gasteiger partial charge in [0.1, 0.15) is 5.82 Å². The average Bonchev–Trinajstić information content (AvgIpc) is 3.35. The number of hydrogen-bond donors (Lipinski definition) is 2. The van der Waals surface area contributed by atoms with E-state index in [1.807, 2.05) is 0 Å². The van der Waals surface area contributed by atoms with Crippen LogP contribution in [-0.2, 0) is 9.59 Å². The van der Waals surface area contributed by atoms with Gasteiger partial charge in [0.15, 0.2) is 0 Å². The number of anilines is 1. The standard InChI is InChI=1S/C18H22ClFN2O2/c19-14-10-13(6-7-15(14)20)22-17(24)18(8-2-1-3-9-18)11-16(23)21-12-4-5-12/h6-7,10,12H,1-5,8-9,11H2,(H,21,23)(H,22,24). The van der Waals surface area contributed by atoms with Crippen molar-refractivity contribution in [2.45, 2.75) is 57.4 Å². The fourth-order valence-electron chi connectivity index (χ4n) is 3.36. The van der Waals surface area contributed by atoms with Crippen molar-refractivity contribution in [2.24, 2.45) is 5.41 Å². The molecule has 24 heavy (non-hydrogen) atoms. The fraction of sp³-hybridized carbons (Fsp3) is 0.556. The molecule has 0 radical (unpaired) electrons. The molecule has 2 N–H and O–H groups in total. The summed E-state index contributed by atoms with van der Waals surface area (Å²) in [5, 5.41) is 5.77. The number of nitrogens with one attached hydrogen (secondary N) is 2. The first-order chi connectivity index (χ1) is 11.5. The first-order valence-corrected chi connectivity index (χ1v) is 8.92. The Balaban J connectivity index is 1.72. The molecule has 2 fully saturated rings. The van der Waals surface area contributed by atoms with E-state index in [4.69, 9.17) is 11.6 Å². The van der Waals surface area contributed by atoms with Crippen LogP contribution in [0.15, 0.2) is 18.2 Å². The van der Waals surface area contributed by atoms with Gasteiger partial charge >= 0.3 is 0 Å². The van der Waals surface area contributed by atoms with Crippen molar-refractivity contribution < 1.29 is 14.0 Å². The van der Waals surface area contributed by atoms with Crippen LogP contribution in [0.25, 0.3) is 0 Å². The summed E-state index contributed by atoms with van der Waals surface area (Å²) < 4.78 is 13.3. The van der Waals surface area contributed by atoms with E-state index < -0.39 is 11.2 Å². The van der Waals surface area contributed by atoms with Gasteiger partial charge in [-0.2, -0.15) is 0 Å². The van der Waals surface area contributed by atoms with Crippen molar-refractivity contribution in [3.05, 3.63) is 29.0 Å². The van der Waals surface area contributed by atoms with E-state index in [2.05, 4.69) is 10.6 Å². The second kappa shape index (κ2) is 7.09. The molecule has 4 nitrogen and oxygen atoms in total. The van der Waals surface area contributed by atoms with Gasteiger partial charge in [-0.05, 0) is 43.9 Å². The van der Waals surface area contributed by atoms with Gasteiger partial charge in [-0.25, -0.2) is 4.39 Å². The lowest BCUT2D eigenvalue weighted by atomic mass is 9.71. The van der Waals surface area contributed by atoms with Crippen LogP contribution in [0.2, 0.25) is 5.02 Å². The van der Waals surface area contributed by atoms with Gasteiger partial charge in [-0.15, -0.1) is 0 Å². The van der Waals surface area contributed by atoms with Crippen LogP contribution in [0.1, 0.15) is 51.4 Å². The molecule has 3 rings (SSSR count). The Morgan fingerprint density at radius 2 is 1.92 bits per heavy atom. The lowest BCUT2D eigenvalue weighted by Gasteiger charge is -2.35. The molecular formula is C18H22ClFN2O2. The van der Waals surface area contributed by atoms with Crippen LogP contribution in [0.5, 0.6) is 0 Å². The largest absolute Gasteiger partial charge is 0.353 e. The van der Waals surface area contributed by atoms with Gasteiger partial charge in [0.25, 0.3) is 0 Å². The van der Waals surface area contributed by atoms with Gasteiger partial charge in [-0.1, -0.05) is 30.9 Å². The molecule has 0 aliphatic heterocycles. The van der Waals surface area contributed by atoms with Crippen LogP contribution in [-0.4, -0.2) is 17.9 Å². The number of carbonyl (C=O) groups is 2. The maximum Gasteiger partial charge on any atom is 0.231 e. The lowest BCUT2D eigenvalue weighted by molar-refractivity contribution is -0.134. The maximum absolute atomic E-state index is 13.3. The normalized spacial score (nSPS) is 19.6. The van der Waals surface area contributed by atoms with Crippen LogP contribution in [0.3, 0.4) is 0 Å². The monoisotopic (exact) mass is 352 g/mol. The predicted octanol–water partition coefficient (Wildman–Crippen LogP) is 4.04. The first kappa shape index (κ1) is 17.2. The van der Waals surface area contributed by atoms with Crippen molar-refractivity contribution in [3.8, 4) is 0 Å². The zero-order valence-electron chi connectivity index (χ0n) is 13.5. The minimum absolute atomic E-state index is 0.0306. The minimum atomic E-state index is -0.682. The molecule has 0 bridgehead atoms. The van der Waals surface area contributed by atoms with E-state index in [0.29, 0.717) is 18.5 Å². The highest BCUT2D eigenvalue weighted by molar-refractivity contribution is 6.31. The predicted molar refractivity (Wildman–Crippen MR) is 91.3 cm³/mol. The van der Waals surface area contributed by atoms with E-state index >= 15 is 0 Å². The Morgan fingerprint density at radius 3 is 2.54 bits per heavy atom. The van der Waals surface area contributed by atoms with Crippen LogP contribution < -0.4 is 10.6 Å². The number of hydrogen-bond acceptors (Lipinski definition) is 2. The molecule has 0 atom stereocenters. The van der Waals surface area contributed by atoms with Gasteiger partial charge in [0, 0.05) is 18.2 Å². The molecule has 0 heterocycles. The average molecular weight is 353 g/mol. The third-order valence-corrected chi connectivity index (χ3v) is 5.20. The third kappa shape index (κ3) is 4.07. The highest BCUT2D eigenvalue weighted by atomic mass is 35.5. The maximum atomic E-state index is 13.3. The molecule has 0 spiro atoms. The summed E-state index contributed by atoms with van der Waals surface area (Å²) in [7, 11) is 0. The summed E-state index contributed by atoms with van der Waals surface area (Å²) in [6, 6.07) is 4.40. The second-order valence-electron chi connectivity index (χ2n) is 6.94. The highest BCUT2D eigenvalue weighted by Gasteiger charge is 2.42. The molecule has 0 aromatic heterocycles. The Hall–Kier alpha value is -1.62. The zero-order chi connectivity index (χ0) is 17.2. The van der Waals surface area contributed by atoms with Crippen LogP contribution in [0, 0.1) is 11.2 Å². The molecule has 2 amide bonds. The molecule has 0 saturated heterocycles. The number of carbonyl (C=O) groups excluding carboxylic acids is 2. The summed E-state index contributed by atoms with van der Waals surface area (Å²) in [5.74, 6) is -0.742. The number of halogens is 2. The summed E-state index contributed by atoms with van der Waals surface area (Å²) >= 11 is 5.78. The molecule has 1 aromatic rings.